The van der Waals surface area contributed by atoms with Crippen LogP contribution >= 0.6 is 11.6 Å². The van der Waals surface area contributed by atoms with Crippen LogP contribution in [0.1, 0.15) is 27.2 Å². The van der Waals surface area contributed by atoms with E-state index in [1.165, 1.54) is 12.1 Å². The highest BCUT2D eigenvalue weighted by Crippen LogP contribution is 2.28. The van der Waals surface area contributed by atoms with Crippen LogP contribution in [-0.2, 0) is 0 Å². The topological polar surface area (TPSA) is 98.0 Å². The number of nitriles is 2. The fourth-order valence-electron chi connectivity index (χ4n) is 2.47. The van der Waals surface area contributed by atoms with Gasteiger partial charge in [-0.25, -0.2) is 4.79 Å². The van der Waals surface area contributed by atoms with Gasteiger partial charge in [0.2, 0.25) is 0 Å². The molecule has 0 unspecified atom stereocenters. The van der Waals surface area contributed by atoms with Gasteiger partial charge in [0, 0.05) is 5.56 Å². The molecule has 2 aromatic carbocycles. The zero-order valence-electron chi connectivity index (χ0n) is 13.8. The number of allylic oxidation sites excluding steroid dienone is 1. The standard InChI is InChI=1S/C21H11ClN2O3/c22-19-7-5-15(10-18(19)21(25)26)20-8-6-17(27-20)9-16(12-24)14-3-1-13(11-23)2-4-14/h1-10H,(H,25,26)/b16-9-. The van der Waals surface area contributed by atoms with Gasteiger partial charge in [0.05, 0.1) is 33.9 Å². The van der Waals surface area contributed by atoms with E-state index in [-0.39, 0.29) is 10.6 Å². The Morgan fingerprint density at radius 1 is 1.07 bits per heavy atom. The number of nitrogens with zero attached hydrogens (tertiary/aromatic N) is 2. The first kappa shape index (κ1) is 18.0. The lowest BCUT2D eigenvalue weighted by Crippen LogP contribution is -1.97. The summed E-state index contributed by atoms with van der Waals surface area (Å²) in [6.45, 7) is 0. The first-order valence-corrected chi connectivity index (χ1v) is 8.15. The van der Waals surface area contributed by atoms with Crippen LogP contribution in [0, 0.1) is 22.7 Å². The lowest BCUT2D eigenvalue weighted by atomic mass is 10.0. The molecule has 0 fully saturated rings. The maximum Gasteiger partial charge on any atom is 0.337 e. The SMILES string of the molecule is N#C/C(=C/c1ccc(-c2ccc(Cl)c(C(=O)O)c2)o1)c1ccc(C#N)cc1. The molecular formula is C21H11ClN2O3. The van der Waals surface area contributed by atoms with E-state index in [0.29, 0.717) is 33.8 Å². The molecule has 0 amide bonds. The Balaban J connectivity index is 1.94. The van der Waals surface area contributed by atoms with E-state index < -0.39 is 5.97 Å². The van der Waals surface area contributed by atoms with Crippen molar-refractivity contribution < 1.29 is 14.3 Å². The summed E-state index contributed by atoms with van der Waals surface area (Å²) in [5, 5.41) is 27.6. The second kappa shape index (κ2) is 7.61. The van der Waals surface area contributed by atoms with E-state index in [9.17, 15) is 15.2 Å². The number of rotatable bonds is 4. The van der Waals surface area contributed by atoms with Crippen molar-refractivity contribution in [3.8, 4) is 23.5 Å². The normalized spacial score (nSPS) is 10.9. The molecule has 0 saturated heterocycles. The molecule has 6 heteroatoms. The van der Waals surface area contributed by atoms with Gasteiger partial charge in [-0.15, -0.1) is 0 Å². The van der Waals surface area contributed by atoms with Crippen LogP contribution in [-0.4, -0.2) is 11.1 Å². The van der Waals surface area contributed by atoms with Crippen LogP contribution in [0.4, 0.5) is 0 Å². The van der Waals surface area contributed by atoms with Gasteiger partial charge in [0.25, 0.3) is 0 Å². The summed E-state index contributed by atoms with van der Waals surface area (Å²) in [7, 11) is 0. The zero-order chi connectivity index (χ0) is 19.4. The Hall–Kier alpha value is -3.80. The Bertz CT molecular complexity index is 1130. The van der Waals surface area contributed by atoms with Crippen molar-refractivity contribution in [2.75, 3.05) is 0 Å². The molecule has 1 heterocycles. The molecule has 0 aliphatic carbocycles. The Morgan fingerprint density at radius 2 is 1.81 bits per heavy atom. The molecule has 0 bridgehead atoms. The number of benzene rings is 2. The Kier molecular flexibility index (Phi) is 5.08. The van der Waals surface area contributed by atoms with E-state index in [2.05, 4.69) is 6.07 Å². The number of hydrogen-bond donors (Lipinski definition) is 1. The van der Waals surface area contributed by atoms with Crippen molar-refractivity contribution >= 4 is 29.2 Å². The van der Waals surface area contributed by atoms with Crippen LogP contribution in [0.5, 0.6) is 0 Å². The molecule has 3 aromatic rings. The molecule has 3 rings (SSSR count). The lowest BCUT2D eigenvalue weighted by Gasteiger charge is -2.02. The van der Waals surface area contributed by atoms with E-state index in [1.807, 2.05) is 6.07 Å². The maximum atomic E-state index is 11.2. The molecule has 5 nitrogen and oxygen atoms in total. The van der Waals surface area contributed by atoms with Gasteiger partial charge in [-0.05, 0) is 54.1 Å². The summed E-state index contributed by atoms with van der Waals surface area (Å²) in [6, 6.07) is 18.7. The van der Waals surface area contributed by atoms with E-state index in [4.69, 9.17) is 21.3 Å². The molecule has 0 aliphatic heterocycles. The van der Waals surface area contributed by atoms with Gasteiger partial charge in [-0.1, -0.05) is 23.7 Å². The molecule has 130 valence electrons. The molecule has 0 aliphatic rings. The van der Waals surface area contributed by atoms with Crippen LogP contribution in [0.2, 0.25) is 5.02 Å². The molecular weight excluding hydrogens is 364 g/mol. The minimum Gasteiger partial charge on any atom is -0.478 e. The van der Waals surface area contributed by atoms with Crippen molar-refractivity contribution in [3.63, 3.8) is 0 Å². The van der Waals surface area contributed by atoms with Crippen LogP contribution in [0.15, 0.2) is 59.0 Å². The van der Waals surface area contributed by atoms with Crippen molar-refractivity contribution in [1.29, 1.82) is 10.5 Å². The Labute approximate surface area is 160 Å². The van der Waals surface area contributed by atoms with E-state index in [0.717, 1.165) is 0 Å². The minimum atomic E-state index is -1.12. The molecule has 0 atom stereocenters. The first-order chi connectivity index (χ1) is 13.0. The summed E-state index contributed by atoms with van der Waals surface area (Å²) in [4.78, 5) is 11.2. The molecule has 1 N–H and O–H groups in total. The molecule has 0 saturated carbocycles. The minimum absolute atomic E-state index is 0.0158. The summed E-state index contributed by atoms with van der Waals surface area (Å²) < 4.78 is 5.73. The number of hydrogen-bond acceptors (Lipinski definition) is 4. The van der Waals surface area contributed by atoms with Gasteiger partial charge >= 0.3 is 5.97 Å². The lowest BCUT2D eigenvalue weighted by molar-refractivity contribution is 0.0697. The quantitative estimate of drug-likeness (QED) is 0.630. The summed E-state index contributed by atoms with van der Waals surface area (Å²) in [5.74, 6) is -0.226. The molecule has 27 heavy (non-hydrogen) atoms. The molecule has 0 radical (unpaired) electrons. The van der Waals surface area contributed by atoms with Gasteiger partial charge in [0.15, 0.2) is 0 Å². The monoisotopic (exact) mass is 374 g/mol. The smallest absolute Gasteiger partial charge is 0.337 e. The highest BCUT2D eigenvalue weighted by molar-refractivity contribution is 6.33. The summed E-state index contributed by atoms with van der Waals surface area (Å²) >= 11 is 5.88. The number of furan rings is 1. The number of carbonyl (C=O) groups is 1. The van der Waals surface area contributed by atoms with E-state index in [1.54, 1.807) is 48.5 Å². The average Bonchev–Trinajstić information content (AvgIpc) is 3.15. The number of carboxylic acids is 1. The fourth-order valence-corrected chi connectivity index (χ4v) is 2.67. The van der Waals surface area contributed by atoms with Crippen molar-refractivity contribution in [2.24, 2.45) is 0 Å². The number of aromatic carboxylic acids is 1. The third kappa shape index (κ3) is 3.90. The third-order valence-electron chi connectivity index (χ3n) is 3.84. The van der Waals surface area contributed by atoms with Crippen LogP contribution in [0.25, 0.3) is 23.0 Å². The maximum absolute atomic E-state index is 11.2. The average molecular weight is 375 g/mol. The highest BCUT2D eigenvalue weighted by atomic mass is 35.5. The largest absolute Gasteiger partial charge is 0.478 e. The predicted octanol–water partition coefficient (Wildman–Crippen LogP) is 5.23. The molecule has 0 spiro atoms. The van der Waals surface area contributed by atoms with Gasteiger partial charge in [-0.3, -0.25) is 0 Å². The van der Waals surface area contributed by atoms with Crippen LogP contribution < -0.4 is 0 Å². The zero-order valence-corrected chi connectivity index (χ0v) is 14.6. The predicted molar refractivity (Wildman–Crippen MR) is 101 cm³/mol. The van der Waals surface area contributed by atoms with Crippen molar-refractivity contribution in [1.82, 2.24) is 0 Å². The van der Waals surface area contributed by atoms with Gasteiger partial charge in [-0.2, -0.15) is 10.5 Å². The third-order valence-corrected chi connectivity index (χ3v) is 4.17. The van der Waals surface area contributed by atoms with E-state index >= 15 is 0 Å². The van der Waals surface area contributed by atoms with Crippen LogP contribution in [0.3, 0.4) is 0 Å². The first-order valence-electron chi connectivity index (χ1n) is 7.77. The van der Waals surface area contributed by atoms with Crippen molar-refractivity contribution in [2.45, 2.75) is 0 Å². The van der Waals surface area contributed by atoms with Crippen molar-refractivity contribution in [3.05, 3.63) is 82.1 Å². The number of carboxylic acid groups (broad SMARTS) is 1. The Morgan fingerprint density at radius 3 is 2.44 bits per heavy atom. The summed E-state index contributed by atoms with van der Waals surface area (Å²) in [6.07, 6.45) is 1.58. The second-order valence-corrected chi connectivity index (χ2v) is 5.97. The second-order valence-electron chi connectivity index (χ2n) is 5.56. The highest BCUT2D eigenvalue weighted by Gasteiger charge is 2.12. The van der Waals surface area contributed by atoms with Gasteiger partial charge < -0.3 is 9.52 Å². The van der Waals surface area contributed by atoms with Gasteiger partial charge in [0.1, 0.15) is 11.5 Å². The molecule has 1 aromatic heterocycles. The fraction of sp³-hybridized carbons (Fsp3) is 0. The summed E-state index contributed by atoms with van der Waals surface area (Å²) in [5.41, 5.74) is 2.09. The number of halogens is 1.